The Labute approximate surface area is 158 Å². The Morgan fingerprint density at radius 1 is 1.08 bits per heavy atom. The molecule has 0 aliphatic carbocycles. The number of amides is 1. The minimum absolute atomic E-state index is 0.0695. The third-order valence-electron chi connectivity index (χ3n) is 3.74. The highest BCUT2D eigenvalue weighted by Gasteiger charge is 2.14. The van der Waals surface area contributed by atoms with Crippen LogP contribution < -0.4 is 10.9 Å². The van der Waals surface area contributed by atoms with Gasteiger partial charge in [0.1, 0.15) is 11.4 Å². The Kier molecular flexibility index (Phi) is 5.40. The number of nitrogens with zero attached hydrogens (tertiary/aromatic N) is 1. The summed E-state index contributed by atoms with van der Waals surface area (Å²) < 4.78 is 15.2. The molecule has 1 N–H and O–H groups in total. The first-order valence-electron chi connectivity index (χ1n) is 7.65. The third-order valence-corrected chi connectivity index (χ3v) is 4.33. The predicted octanol–water partition coefficient (Wildman–Crippen LogP) is 4.59. The van der Waals surface area contributed by atoms with E-state index in [9.17, 15) is 14.0 Å². The number of pyridine rings is 1. The van der Waals surface area contributed by atoms with Crippen molar-refractivity contribution in [3.05, 3.63) is 98.1 Å². The van der Waals surface area contributed by atoms with Crippen molar-refractivity contribution in [1.29, 1.82) is 0 Å². The van der Waals surface area contributed by atoms with Crippen molar-refractivity contribution in [1.82, 2.24) is 4.57 Å². The second-order valence-corrected chi connectivity index (χ2v) is 6.36. The molecule has 0 bridgehead atoms. The van der Waals surface area contributed by atoms with Gasteiger partial charge in [0.05, 0.1) is 6.54 Å². The Morgan fingerprint density at radius 2 is 1.85 bits per heavy atom. The van der Waals surface area contributed by atoms with Crippen molar-refractivity contribution in [2.45, 2.75) is 6.54 Å². The highest BCUT2D eigenvalue weighted by molar-refractivity contribution is 6.31. The predicted molar refractivity (Wildman–Crippen MR) is 101 cm³/mol. The van der Waals surface area contributed by atoms with Crippen LogP contribution in [0.3, 0.4) is 0 Å². The number of aromatic nitrogens is 1. The van der Waals surface area contributed by atoms with Gasteiger partial charge in [-0.25, -0.2) is 4.39 Å². The number of nitrogens with one attached hydrogen (secondary N) is 1. The van der Waals surface area contributed by atoms with Crippen molar-refractivity contribution in [3.8, 4) is 0 Å². The van der Waals surface area contributed by atoms with E-state index in [0.717, 1.165) is 0 Å². The quantitative estimate of drug-likeness (QED) is 0.707. The second-order valence-electron chi connectivity index (χ2n) is 5.52. The van der Waals surface area contributed by atoms with E-state index >= 15 is 0 Å². The van der Waals surface area contributed by atoms with E-state index in [1.54, 1.807) is 36.4 Å². The Balaban J connectivity index is 1.90. The molecule has 0 aliphatic heterocycles. The molecule has 0 atom stereocenters. The van der Waals surface area contributed by atoms with Gasteiger partial charge in [0, 0.05) is 27.5 Å². The zero-order valence-corrected chi connectivity index (χ0v) is 14.9. The summed E-state index contributed by atoms with van der Waals surface area (Å²) in [6.07, 6.45) is 1.47. The van der Waals surface area contributed by atoms with Crippen molar-refractivity contribution in [3.63, 3.8) is 0 Å². The van der Waals surface area contributed by atoms with Gasteiger partial charge in [-0.2, -0.15) is 0 Å². The number of anilines is 1. The zero-order chi connectivity index (χ0) is 18.7. The molecule has 1 heterocycles. The smallest absolute Gasteiger partial charge is 0.263 e. The molecule has 3 aromatic rings. The zero-order valence-electron chi connectivity index (χ0n) is 13.4. The van der Waals surface area contributed by atoms with Crippen molar-refractivity contribution < 1.29 is 9.18 Å². The second kappa shape index (κ2) is 7.72. The van der Waals surface area contributed by atoms with Crippen LogP contribution in [0.1, 0.15) is 15.9 Å². The summed E-state index contributed by atoms with van der Waals surface area (Å²) >= 11 is 11.9. The molecule has 0 saturated heterocycles. The highest BCUT2D eigenvalue weighted by Crippen LogP contribution is 2.20. The van der Waals surface area contributed by atoms with Crippen LogP contribution in [-0.4, -0.2) is 10.5 Å². The molecule has 0 spiro atoms. The first-order valence-corrected chi connectivity index (χ1v) is 8.40. The van der Waals surface area contributed by atoms with Gasteiger partial charge in [0.25, 0.3) is 11.5 Å². The minimum Gasteiger partial charge on any atom is -0.322 e. The summed E-state index contributed by atoms with van der Waals surface area (Å²) in [4.78, 5) is 25.0. The Hall–Kier alpha value is -2.63. The lowest BCUT2D eigenvalue weighted by Gasteiger charge is -2.11. The molecule has 0 radical (unpaired) electrons. The number of rotatable bonds is 4. The summed E-state index contributed by atoms with van der Waals surface area (Å²) in [7, 11) is 0. The number of carbonyl (C=O) groups excluding carboxylic acids is 1. The number of carbonyl (C=O) groups is 1. The molecule has 132 valence electrons. The topological polar surface area (TPSA) is 51.1 Å². The summed E-state index contributed by atoms with van der Waals surface area (Å²) in [5, 5.41) is 3.29. The lowest BCUT2D eigenvalue weighted by atomic mass is 10.2. The largest absolute Gasteiger partial charge is 0.322 e. The fourth-order valence-corrected chi connectivity index (χ4v) is 2.87. The molecule has 4 nitrogen and oxygen atoms in total. The molecule has 0 fully saturated rings. The molecule has 0 aliphatic rings. The van der Waals surface area contributed by atoms with Gasteiger partial charge >= 0.3 is 0 Å². The number of hydrogen-bond donors (Lipinski definition) is 1. The molecular weight excluding hydrogens is 378 g/mol. The van der Waals surface area contributed by atoms with Crippen molar-refractivity contribution >= 4 is 34.8 Å². The normalized spacial score (nSPS) is 10.6. The molecule has 2 aromatic carbocycles. The number of benzene rings is 2. The molecule has 7 heteroatoms. The first-order chi connectivity index (χ1) is 12.5. The maximum atomic E-state index is 14.0. The minimum atomic E-state index is -0.578. The van der Waals surface area contributed by atoms with Crippen LogP contribution in [0, 0.1) is 5.82 Å². The highest BCUT2D eigenvalue weighted by atomic mass is 35.5. The lowest BCUT2D eigenvalue weighted by molar-refractivity contribution is 0.102. The van der Waals surface area contributed by atoms with Crippen molar-refractivity contribution in [2.24, 2.45) is 0 Å². The summed E-state index contributed by atoms with van der Waals surface area (Å²) in [6, 6.07) is 13.8. The van der Waals surface area contributed by atoms with E-state index in [1.165, 1.54) is 29.0 Å². The lowest BCUT2D eigenvalue weighted by Crippen LogP contribution is -2.29. The Bertz CT molecular complexity index is 1010. The van der Waals surface area contributed by atoms with E-state index in [-0.39, 0.29) is 22.7 Å². The van der Waals surface area contributed by atoms with E-state index in [1.807, 2.05) is 0 Å². The van der Waals surface area contributed by atoms with E-state index < -0.39 is 17.3 Å². The standard InChI is InChI=1S/C19H13Cl2FN2O2/c20-12-4-1-5-13(10-12)23-18(25)14-6-3-9-24(19(14)26)11-15-16(21)7-2-8-17(15)22/h1-10H,11H2,(H,23,25). The summed E-state index contributed by atoms with van der Waals surface area (Å²) in [5.74, 6) is -1.09. The van der Waals surface area contributed by atoms with E-state index in [4.69, 9.17) is 23.2 Å². The van der Waals surface area contributed by atoms with E-state index in [2.05, 4.69) is 5.32 Å². The van der Waals surface area contributed by atoms with Crippen LogP contribution in [0.15, 0.2) is 65.6 Å². The molecule has 0 unspecified atom stereocenters. The third kappa shape index (κ3) is 3.95. The molecule has 1 amide bonds. The Morgan fingerprint density at radius 3 is 2.58 bits per heavy atom. The average molecular weight is 391 g/mol. The number of hydrogen-bond acceptors (Lipinski definition) is 2. The molecule has 3 rings (SSSR count). The van der Waals surface area contributed by atoms with Crippen LogP contribution in [0.4, 0.5) is 10.1 Å². The van der Waals surface area contributed by atoms with Gasteiger partial charge in [-0.05, 0) is 42.5 Å². The average Bonchev–Trinajstić information content (AvgIpc) is 2.59. The first kappa shape index (κ1) is 18.2. The van der Waals surface area contributed by atoms with Crippen LogP contribution in [0.5, 0.6) is 0 Å². The molecule has 1 aromatic heterocycles. The van der Waals surface area contributed by atoms with Crippen molar-refractivity contribution in [2.75, 3.05) is 5.32 Å². The van der Waals surface area contributed by atoms with Gasteiger partial charge in [0.2, 0.25) is 0 Å². The molecule has 0 saturated carbocycles. The van der Waals surface area contributed by atoms with Crippen LogP contribution in [0.2, 0.25) is 10.0 Å². The summed E-state index contributed by atoms with van der Waals surface area (Å²) in [5.41, 5.74) is 0.0319. The number of halogens is 3. The maximum absolute atomic E-state index is 14.0. The van der Waals surface area contributed by atoms with Crippen LogP contribution in [0.25, 0.3) is 0 Å². The molecular formula is C19H13Cl2FN2O2. The van der Waals surface area contributed by atoms with Gasteiger partial charge in [-0.15, -0.1) is 0 Å². The van der Waals surface area contributed by atoms with E-state index in [0.29, 0.717) is 10.7 Å². The van der Waals surface area contributed by atoms with Gasteiger partial charge < -0.3 is 9.88 Å². The van der Waals surface area contributed by atoms with Crippen LogP contribution >= 0.6 is 23.2 Å². The fraction of sp³-hybridized carbons (Fsp3) is 0.0526. The summed E-state index contributed by atoms with van der Waals surface area (Å²) in [6.45, 7) is -0.0807. The monoisotopic (exact) mass is 390 g/mol. The maximum Gasteiger partial charge on any atom is 0.263 e. The van der Waals surface area contributed by atoms with Gasteiger partial charge in [-0.1, -0.05) is 35.3 Å². The fourth-order valence-electron chi connectivity index (χ4n) is 2.45. The van der Waals surface area contributed by atoms with Crippen LogP contribution in [-0.2, 0) is 6.54 Å². The molecule has 26 heavy (non-hydrogen) atoms. The van der Waals surface area contributed by atoms with Gasteiger partial charge in [0.15, 0.2) is 0 Å². The SMILES string of the molecule is O=C(Nc1cccc(Cl)c1)c1cccn(Cc2c(F)cccc2Cl)c1=O. The van der Waals surface area contributed by atoms with Gasteiger partial charge in [-0.3, -0.25) is 9.59 Å².